The van der Waals surface area contributed by atoms with Gasteiger partial charge in [-0.3, -0.25) is 9.69 Å². The Balaban J connectivity index is 3.05. The number of ether oxygens (including phenoxy) is 2. The first-order valence-electron chi connectivity index (χ1n) is 6.79. The van der Waals surface area contributed by atoms with Gasteiger partial charge in [-0.15, -0.1) is 0 Å². The van der Waals surface area contributed by atoms with Crippen molar-refractivity contribution in [3.05, 3.63) is 22.2 Å². The van der Waals surface area contributed by atoms with E-state index in [2.05, 4.69) is 15.9 Å². The van der Waals surface area contributed by atoms with Crippen molar-refractivity contribution in [2.45, 2.75) is 32.9 Å². The molecule has 0 saturated heterocycles. The highest BCUT2D eigenvalue weighted by atomic mass is 79.9. The molecule has 0 aliphatic carbocycles. The molecule has 1 aromatic carbocycles. The van der Waals surface area contributed by atoms with Gasteiger partial charge in [-0.25, -0.2) is 0 Å². The number of nitrogens with zero attached hydrogens (tertiary/aromatic N) is 1. The molecule has 0 aliphatic heterocycles. The molecule has 0 saturated carbocycles. The van der Waals surface area contributed by atoms with Gasteiger partial charge in [0, 0.05) is 17.1 Å². The normalized spacial score (nSPS) is 12.3. The van der Waals surface area contributed by atoms with E-state index in [1.807, 2.05) is 30.9 Å². The van der Waals surface area contributed by atoms with Crippen LogP contribution in [0.4, 0.5) is 0 Å². The second kappa shape index (κ2) is 8.24. The Hall–Kier alpha value is -1.27. The molecular formula is C15H22BrNO4. The molecule has 1 rings (SSSR count). The maximum absolute atomic E-state index is 11.0. The number of rotatable bonds is 8. The minimum Gasteiger partial charge on any atom is -0.493 e. The highest BCUT2D eigenvalue weighted by Crippen LogP contribution is 2.34. The summed E-state index contributed by atoms with van der Waals surface area (Å²) in [5, 5.41) is 9.06. The minimum atomic E-state index is -0.827. The Morgan fingerprint density at radius 1 is 1.33 bits per heavy atom. The van der Waals surface area contributed by atoms with E-state index >= 15 is 0 Å². The fourth-order valence-electron chi connectivity index (χ4n) is 2.04. The maximum Gasteiger partial charge on any atom is 0.317 e. The van der Waals surface area contributed by atoms with Crippen LogP contribution in [0.1, 0.15) is 25.8 Å². The van der Waals surface area contributed by atoms with E-state index in [1.165, 1.54) is 0 Å². The summed E-state index contributed by atoms with van der Waals surface area (Å²) >= 11 is 3.51. The molecule has 0 bridgehead atoms. The highest BCUT2D eigenvalue weighted by molar-refractivity contribution is 9.10. The molecule has 0 amide bonds. The van der Waals surface area contributed by atoms with Gasteiger partial charge >= 0.3 is 5.97 Å². The zero-order chi connectivity index (χ0) is 16.0. The number of carbonyl (C=O) groups is 1. The minimum absolute atomic E-state index is 0.00971. The van der Waals surface area contributed by atoms with Gasteiger partial charge in [-0.1, -0.05) is 22.9 Å². The standard InChI is InChI=1S/C15H22BrNO4/c1-5-10(2)17(9-15(18)19)8-11-6-13(20-3)14(21-4)7-12(11)16/h6-7,10H,5,8-9H2,1-4H3,(H,18,19). The van der Waals surface area contributed by atoms with E-state index in [9.17, 15) is 4.79 Å². The van der Waals surface area contributed by atoms with Crippen molar-refractivity contribution in [1.29, 1.82) is 0 Å². The van der Waals surface area contributed by atoms with Gasteiger partial charge in [0.1, 0.15) is 0 Å². The lowest BCUT2D eigenvalue weighted by atomic mass is 10.1. The topological polar surface area (TPSA) is 59.0 Å². The molecule has 0 aliphatic rings. The smallest absolute Gasteiger partial charge is 0.317 e. The van der Waals surface area contributed by atoms with E-state index in [1.54, 1.807) is 14.2 Å². The SMILES string of the molecule is CCC(C)N(CC(=O)O)Cc1cc(OC)c(OC)cc1Br. The summed E-state index contributed by atoms with van der Waals surface area (Å²) in [5.74, 6) is 0.448. The van der Waals surface area contributed by atoms with Crippen molar-refractivity contribution < 1.29 is 19.4 Å². The summed E-state index contributed by atoms with van der Waals surface area (Å²) in [6, 6.07) is 3.89. The third-order valence-electron chi connectivity index (χ3n) is 3.48. The van der Waals surface area contributed by atoms with Crippen LogP contribution in [-0.4, -0.2) is 42.8 Å². The Bertz CT molecular complexity index is 493. The molecule has 21 heavy (non-hydrogen) atoms. The molecule has 0 aromatic heterocycles. The van der Waals surface area contributed by atoms with E-state index in [0.717, 1.165) is 16.5 Å². The van der Waals surface area contributed by atoms with Crippen LogP contribution in [-0.2, 0) is 11.3 Å². The van der Waals surface area contributed by atoms with E-state index in [-0.39, 0.29) is 12.6 Å². The summed E-state index contributed by atoms with van der Waals surface area (Å²) in [5.41, 5.74) is 0.967. The van der Waals surface area contributed by atoms with Crippen molar-refractivity contribution in [2.24, 2.45) is 0 Å². The van der Waals surface area contributed by atoms with Gasteiger partial charge in [0.15, 0.2) is 11.5 Å². The molecule has 5 nitrogen and oxygen atoms in total. The molecule has 118 valence electrons. The Labute approximate surface area is 134 Å². The first kappa shape index (κ1) is 17.8. The van der Waals surface area contributed by atoms with Crippen molar-refractivity contribution in [3.8, 4) is 11.5 Å². The predicted molar refractivity (Wildman–Crippen MR) is 85.0 cm³/mol. The summed E-state index contributed by atoms with van der Waals surface area (Å²) in [7, 11) is 3.17. The second-order valence-electron chi connectivity index (χ2n) is 4.85. The number of methoxy groups -OCH3 is 2. The summed E-state index contributed by atoms with van der Waals surface area (Å²) in [6.45, 7) is 4.61. The molecule has 1 N–H and O–H groups in total. The van der Waals surface area contributed by atoms with Gasteiger partial charge in [0.2, 0.25) is 0 Å². The number of carboxylic acids is 1. The molecule has 0 heterocycles. The molecule has 0 fully saturated rings. The van der Waals surface area contributed by atoms with Crippen molar-refractivity contribution in [2.75, 3.05) is 20.8 Å². The average molecular weight is 360 g/mol. The second-order valence-corrected chi connectivity index (χ2v) is 5.71. The van der Waals surface area contributed by atoms with Crippen LogP contribution in [0, 0.1) is 0 Å². The highest BCUT2D eigenvalue weighted by Gasteiger charge is 2.18. The average Bonchev–Trinajstić information content (AvgIpc) is 2.46. The van der Waals surface area contributed by atoms with Crippen molar-refractivity contribution in [1.82, 2.24) is 4.90 Å². The first-order chi connectivity index (χ1) is 9.92. The molecule has 6 heteroatoms. The van der Waals surface area contributed by atoms with Crippen LogP contribution in [0.2, 0.25) is 0 Å². The number of hydrogen-bond acceptors (Lipinski definition) is 4. The van der Waals surface area contributed by atoms with E-state index in [0.29, 0.717) is 18.0 Å². The summed E-state index contributed by atoms with van der Waals surface area (Å²) in [6.07, 6.45) is 0.887. The zero-order valence-electron chi connectivity index (χ0n) is 12.9. The van der Waals surface area contributed by atoms with Gasteiger partial charge in [0.05, 0.1) is 20.8 Å². The Morgan fingerprint density at radius 2 is 1.90 bits per heavy atom. The maximum atomic E-state index is 11.0. The molecule has 0 radical (unpaired) electrons. The van der Waals surface area contributed by atoms with Crippen LogP contribution < -0.4 is 9.47 Å². The predicted octanol–water partition coefficient (Wildman–Crippen LogP) is 3.15. The molecule has 1 unspecified atom stereocenters. The quantitative estimate of drug-likeness (QED) is 0.772. The largest absolute Gasteiger partial charge is 0.493 e. The number of hydrogen-bond donors (Lipinski definition) is 1. The lowest BCUT2D eigenvalue weighted by molar-refractivity contribution is -0.139. The van der Waals surface area contributed by atoms with Gasteiger partial charge in [0.25, 0.3) is 0 Å². The van der Waals surface area contributed by atoms with Gasteiger partial charge in [-0.2, -0.15) is 0 Å². The Morgan fingerprint density at radius 3 is 2.38 bits per heavy atom. The molecular weight excluding hydrogens is 338 g/mol. The van der Waals surface area contributed by atoms with Crippen molar-refractivity contribution >= 4 is 21.9 Å². The fourth-order valence-corrected chi connectivity index (χ4v) is 2.48. The number of halogens is 1. The van der Waals surface area contributed by atoms with Crippen LogP contribution in [0.3, 0.4) is 0 Å². The molecule has 0 spiro atoms. The third kappa shape index (κ3) is 4.89. The number of carboxylic acid groups (broad SMARTS) is 1. The third-order valence-corrected chi connectivity index (χ3v) is 4.22. The van der Waals surface area contributed by atoms with E-state index in [4.69, 9.17) is 14.6 Å². The van der Waals surface area contributed by atoms with Gasteiger partial charge < -0.3 is 14.6 Å². The van der Waals surface area contributed by atoms with E-state index < -0.39 is 5.97 Å². The zero-order valence-corrected chi connectivity index (χ0v) is 14.4. The lowest BCUT2D eigenvalue weighted by Gasteiger charge is -2.27. The monoisotopic (exact) mass is 359 g/mol. The van der Waals surface area contributed by atoms with Crippen LogP contribution in [0.25, 0.3) is 0 Å². The summed E-state index contributed by atoms with van der Waals surface area (Å²) < 4.78 is 11.4. The Kier molecular flexibility index (Phi) is 6.98. The number of benzene rings is 1. The van der Waals surface area contributed by atoms with Crippen molar-refractivity contribution in [3.63, 3.8) is 0 Å². The van der Waals surface area contributed by atoms with Crippen LogP contribution in [0.15, 0.2) is 16.6 Å². The lowest BCUT2D eigenvalue weighted by Crippen LogP contribution is -2.36. The summed E-state index contributed by atoms with van der Waals surface area (Å²) in [4.78, 5) is 13.0. The molecule has 1 atom stereocenters. The van der Waals surface area contributed by atoms with Gasteiger partial charge in [-0.05, 0) is 31.0 Å². The van der Waals surface area contributed by atoms with Crippen LogP contribution >= 0.6 is 15.9 Å². The fraction of sp³-hybridized carbons (Fsp3) is 0.533. The first-order valence-corrected chi connectivity index (χ1v) is 7.58. The molecule has 1 aromatic rings. The number of aliphatic carboxylic acids is 1. The van der Waals surface area contributed by atoms with Crippen LogP contribution in [0.5, 0.6) is 11.5 Å².